The van der Waals surface area contributed by atoms with Crippen LogP contribution in [0.3, 0.4) is 0 Å². The first-order chi connectivity index (χ1) is 12.6. The summed E-state index contributed by atoms with van der Waals surface area (Å²) < 4.78 is 5.35. The first-order valence-corrected chi connectivity index (χ1v) is 9.53. The Labute approximate surface area is 156 Å². The van der Waals surface area contributed by atoms with Crippen molar-refractivity contribution in [2.24, 2.45) is 0 Å². The molecule has 0 saturated carbocycles. The van der Waals surface area contributed by atoms with Gasteiger partial charge in [0.1, 0.15) is 5.75 Å². The van der Waals surface area contributed by atoms with Crippen molar-refractivity contribution < 1.29 is 14.3 Å². The van der Waals surface area contributed by atoms with E-state index >= 15 is 0 Å². The molecule has 0 atom stereocenters. The molecule has 1 aromatic rings. The third-order valence-corrected chi connectivity index (χ3v) is 4.68. The number of likely N-dealkylation sites (tertiary alicyclic amines) is 1. The van der Waals surface area contributed by atoms with Gasteiger partial charge in [-0.3, -0.25) is 4.79 Å². The highest BCUT2D eigenvalue weighted by Gasteiger charge is 2.15. The van der Waals surface area contributed by atoms with Crippen molar-refractivity contribution in [3.05, 3.63) is 29.3 Å². The topological polar surface area (TPSA) is 70.7 Å². The molecule has 144 valence electrons. The van der Waals surface area contributed by atoms with Crippen LogP contribution >= 0.6 is 0 Å². The maximum atomic E-state index is 11.9. The molecule has 1 aromatic carbocycles. The Morgan fingerprint density at radius 3 is 2.81 bits per heavy atom. The van der Waals surface area contributed by atoms with E-state index in [0.717, 1.165) is 56.5 Å². The summed E-state index contributed by atoms with van der Waals surface area (Å²) in [5.41, 5.74) is 2.26. The van der Waals surface area contributed by atoms with Gasteiger partial charge in [0.2, 0.25) is 5.91 Å². The molecule has 0 aliphatic carbocycles. The molecule has 1 fully saturated rings. The van der Waals surface area contributed by atoms with Crippen molar-refractivity contribution in [2.45, 2.75) is 45.4 Å². The number of nitrogens with one attached hydrogen (secondary N) is 2. The number of nitrogens with zero attached hydrogens (tertiary/aromatic N) is 1. The van der Waals surface area contributed by atoms with Gasteiger partial charge in [0.15, 0.2) is 0 Å². The Hall–Kier alpha value is -2.24. The SMILES string of the molecule is COc1ccc(C)cc1CCNC(=O)NCCCN1CCCCCC1=O. The van der Waals surface area contributed by atoms with E-state index in [9.17, 15) is 9.59 Å². The Balaban J connectivity index is 1.62. The molecule has 1 aliphatic rings. The zero-order chi connectivity index (χ0) is 18.8. The number of rotatable bonds is 8. The molecular weight excluding hydrogens is 330 g/mol. The van der Waals surface area contributed by atoms with Crippen LogP contribution in [0.25, 0.3) is 0 Å². The van der Waals surface area contributed by atoms with Crippen molar-refractivity contribution >= 4 is 11.9 Å². The minimum absolute atomic E-state index is 0.168. The number of amides is 3. The van der Waals surface area contributed by atoms with E-state index < -0.39 is 0 Å². The number of hydrogen-bond acceptors (Lipinski definition) is 3. The second-order valence-electron chi connectivity index (χ2n) is 6.79. The Morgan fingerprint density at radius 1 is 1.19 bits per heavy atom. The maximum absolute atomic E-state index is 11.9. The minimum Gasteiger partial charge on any atom is -0.496 e. The molecule has 1 heterocycles. The first-order valence-electron chi connectivity index (χ1n) is 9.53. The molecule has 0 radical (unpaired) electrons. The van der Waals surface area contributed by atoms with Crippen molar-refractivity contribution in [3.63, 3.8) is 0 Å². The average Bonchev–Trinajstić information content (AvgIpc) is 2.83. The summed E-state index contributed by atoms with van der Waals surface area (Å²) in [6, 6.07) is 5.88. The lowest BCUT2D eigenvalue weighted by Gasteiger charge is -2.20. The van der Waals surface area contributed by atoms with E-state index in [4.69, 9.17) is 4.74 Å². The zero-order valence-electron chi connectivity index (χ0n) is 16.0. The highest BCUT2D eigenvalue weighted by Crippen LogP contribution is 2.19. The number of aryl methyl sites for hydroxylation is 1. The van der Waals surface area contributed by atoms with Crippen molar-refractivity contribution in [2.75, 3.05) is 33.3 Å². The monoisotopic (exact) mass is 361 g/mol. The summed E-state index contributed by atoms with van der Waals surface area (Å²) in [7, 11) is 1.66. The Kier molecular flexibility index (Phi) is 8.25. The highest BCUT2D eigenvalue weighted by molar-refractivity contribution is 5.76. The van der Waals surface area contributed by atoms with Crippen LogP contribution in [-0.4, -0.2) is 50.1 Å². The summed E-state index contributed by atoms with van der Waals surface area (Å²) >= 11 is 0. The Morgan fingerprint density at radius 2 is 2.00 bits per heavy atom. The van der Waals surface area contributed by atoms with Gasteiger partial charge in [0, 0.05) is 32.6 Å². The predicted octanol–water partition coefficient (Wildman–Crippen LogP) is 2.64. The number of benzene rings is 1. The zero-order valence-corrected chi connectivity index (χ0v) is 16.0. The van der Waals surface area contributed by atoms with Crippen LogP contribution in [0.1, 0.15) is 43.2 Å². The lowest BCUT2D eigenvalue weighted by Crippen LogP contribution is -2.39. The van der Waals surface area contributed by atoms with E-state index in [-0.39, 0.29) is 11.9 Å². The van der Waals surface area contributed by atoms with Crippen LogP contribution in [0, 0.1) is 6.92 Å². The number of ether oxygens (including phenoxy) is 1. The van der Waals surface area contributed by atoms with Gasteiger partial charge in [-0.15, -0.1) is 0 Å². The number of carbonyl (C=O) groups excluding carboxylic acids is 2. The number of carbonyl (C=O) groups is 2. The van der Waals surface area contributed by atoms with Gasteiger partial charge >= 0.3 is 6.03 Å². The average molecular weight is 361 g/mol. The molecule has 3 amide bonds. The van der Waals surface area contributed by atoms with Gasteiger partial charge in [0.25, 0.3) is 0 Å². The molecular formula is C20H31N3O3. The molecule has 26 heavy (non-hydrogen) atoms. The lowest BCUT2D eigenvalue weighted by molar-refractivity contribution is -0.130. The molecule has 0 unspecified atom stereocenters. The summed E-state index contributed by atoms with van der Waals surface area (Å²) in [6.07, 6.45) is 5.39. The van der Waals surface area contributed by atoms with Crippen LogP contribution in [0.2, 0.25) is 0 Å². The van der Waals surface area contributed by atoms with E-state index in [1.165, 1.54) is 5.56 Å². The van der Waals surface area contributed by atoms with Gasteiger partial charge in [-0.2, -0.15) is 0 Å². The number of urea groups is 1. The minimum atomic E-state index is -0.168. The molecule has 6 heteroatoms. The fourth-order valence-corrected chi connectivity index (χ4v) is 3.22. The van der Waals surface area contributed by atoms with E-state index in [1.54, 1.807) is 7.11 Å². The largest absolute Gasteiger partial charge is 0.496 e. The fraction of sp³-hybridized carbons (Fsp3) is 0.600. The molecule has 0 bridgehead atoms. The van der Waals surface area contributed by atoms with Gasteiger partial charge in [0.05, 0.1) is 7.11 Å². The van der Waals surface area contributed by atoms with E-state index in [1.807, 2.05) is 24.0 Å². The summed E-state index contributed by atoms with van der Waals surface area (Å²) in [5.74, 6) is 1.10. The van der Waals surface area contributed by atoms with Crippen molar-refractivity contribution in [3.8, 4) is 5.75 Å². The van der Waals surface area contributed by atoms with Gasteiger partial charge in [-0.25, -0.2) is 4.79 Å². The second-order valence-corrected chi connectivity index (χ2v) is 6.79. The highest BCUT2D eigenvalue weighted by atomic mass is 16.5. The number of methoxy groups -OCH3 is 1. The van der Waals surface area contributed by atoms with Crippen LogP contribution in [-0.2, 0) is 11.2 Å². The summed E-state index contributed by atoms with van der Waals surface area (Å²) in [5, 5.41) is 5.73. The van der Waals surface area contributed by atoms with Gasteiger partial charge in [-0.1, -0.05) is 24.1 Å². The molecule has 0 spiro atoms. The molecule has 1 saturated heterocycles. The fourth-order valence-electron chi connectivity index (χ4n) is 3.22. The standard InChI is InChI=1S/C20H31N3O3/c1-16-8-9-18(26-2)17(15-16)10-12-22-20(25)21-11-6-14-23-13-5-3-4-7-19(23)24/h8-9,15H,3-7,10-14H2,1-2H3,(H2,21,22,25). The third kappa shape index (κ3) is 6.58. The van der Waals surface area contributed by atoms with Crippen LogP contribution in [0.15, 0.2) is 18.2 Å². The molecule has 2 rings (SSSR count). The normalized spacial score (nSPS) is 14.7. The van der Waals surface area contributed by atoms with E-state index in [2.05, 4.69) is 16.7 Å². The predicted molar refractivity (Wildman–Crippen MR) is 103 cm³/mol. The van der Waals surface area contributed by atoms with Crippen LogP contribution < -0.4 is 15.4 Å². The van der Waals surface area contributed by atoms with E-state index in [0.29, 0.717) is 19.5 Å². The summed E-state index contributed by atoms with van der Waals surface area (Å²) in [6.45, 7) is 4.74. The van der Waals surface area contributed by atoms with Crippen molar-refractivity contribution in [1.29, 1.82) is 0 Å². The second kappa shape index (κ2) is 10.7. The lowest BCUT2D eigenvalue weighted by atomic mass is 10.1. The molecule has 6 nitrogen and oxygen atoms in total. The molecule has 1 aliphatic heterocycles. The van der Waals surface area contributed by atoms with Gasteiger partial charge in [-0.05, 0) is 44.2 Å². The third-order valence-electron chi connectivity index (χ3n) is 4.68. The maximum Gasteiger partial charge on any atom is 0.314 e. The molecule has 0 aromatic heterocycles. The number of hydrogen-bond donors (Lipinski definition) is 2. The quantitative estimate of drug-likeness (QED) is 0.699. The van der Waals surface area contributed by atoms with Gasteiger partial charge < -0.3 is 20.3 Å². The van der Waals surface area contributed by atoms with Crippen molar-refractivity contribution in [1.82, 2.24) is 15.5 Å². The summed E-state index contributed by atoms with van der Waals surface area (Å²) in [4.78, 5) is 25.7. The first kappa shape index (κ1) is 20.1. The van der Waals surface area contributed by atoms with Crippen LogP contribution in [0.5, 0.6) is 5.75 Å². The molecule has 2 N–H and O–H groups in total. The van der Waals surface area contributed by atoms with Crippen LogP contribution in [0.4, 0.5) is 4.79 Å². The smallest absolute Gasteiger partial charge is 0.314 e. The Bertz CT molecular complexity index is 604.